The molecule has 1 atom stereocenters. The summed E-state index contributed by atoms with van der Waals surface area (Å²) in [4.78, 5) is 27.2. The quantitative estimate of drug-likeness (QED) is 0.861. The Labute approximate surface area is 133 Å². The normalized spacial score (nSPS) is 18.5. The van der Waals surface area contributed by atoms with Gasteiger partial charge in [-0.25, -0.2) is 15.0 Å². The number of rotatable bonds is 3. The van der Waals surface area contributed by atoms with E-state index in [1.165, 1.54) is 0 Å². The van der Waals surface area contributed by atoms with Gasteiger partial charge < -0.3 is 9.64 Å². The number of aryl methyl sites for hydroxylation is 2. The van der Waals surface area contributed by atoms with Gasteiger partial charge >= 0.3 is 0 Å². The van der Waals surface area contributed by atoms with Crippen LogP contribution in [0, 0.1) is 13.8 Å². The fourth-order valence-corrected chi connectivity index (χ4v) is 3.02. The van der Waals surface area contributed by atoms with Gasteiger partial charge in [0, 0.05) is 23.8 Å². The Morgan fingerprint density at radius 3 is 3.05 bits per heavy atom. The van der Waals surface area contributed by atoms with Crippen LogP contribution < -0.4 is 0 Å². The minimum Gasteiger partial charge on any atom is -0.367 e. The molecule has 1 unspecified atom stereocenters. The Kier molecular flexibility index (Phi) is 4.44. The largest absolute Gasteiger partial charge is 0.367 e. The zero-order valence-electron chi connectivity index (χ0n) is 12.7. The Bertz CT molecular complexity index is 673. The molecule has 0 N–H and O–H groups in total. The number of carbonyl (C=O) groups is 1. The summed E-state index contributed by atoms with van der Waals surface area (Å²) in [5.41, 5.74) is 1.73. The highest BCUT2D eigenvalue weighted by Crippen LogP contribution is 2.20. The fraction of sp³-hybridized carbons (Fsp3) is 0.467. The molecular formula is C15H18N4O2S. The van der Waals surface area contributed by atoms with Crippen LogP contribution in [0.2, 0.25) is 0 Å². The van der Waals surface area contributed by atoms with E-state index in [2.05, 4.69) is 15.0 Å². The number of hydrogen-bond donors (Lipinski definition) is 0. The van der Waals surface area contributed by atoms with Crippen LogP contribution in [0.4, 0.5) is 0 Å². The minimum absolute atomic E-state index is 0.0752. The summed E-state index contributed by atoms with van der Waals surface area (Å²) < 4.78 is 5.72. The molecule has 22 heavy (non-hydrogen) atoms. The maximum absolute atomic E-state index is 12.4. The van der Waals surface area contributed by atoms with E-state index in [0.717, 1.165) is 16.4 Å². The van der Waals surface area contributed by atoms with Crippen molar-refractivity contribution in [1.82, 2.24) is 19.9 Å². The number of aromatic nitrogens is 3. The van der Waals surface area contributed by atoms with Crippen LogP contribution >= 0.6 is 11.3 Å². The summed E-state index contributed by atoms with van der Waals surface area (Å²) in [5, 5.41) is 2.92. The molecule has 2 aromatic rings. The average Bonchev–Trinajstić information content (AvgIpc) is 2.92. The van der Waals surface area contributed by atoms with Crippen LogP contribution in [-0.2, 0) is 16.0 Å². The lowest BCUT2D eigenvalue weighted by molar-refractivity contribution is -0.138. The minimum atomic E-state index is -0.255. The monoisotopic (exact) mass is 318 g/mol. The summed E-state index contributed by atoms with van der Waals surface area (Å²) in [6, 6.07) is 1.85. The number of ether oxygens (including phenoxy) is 1. The van der Waals surface area contributed by atoms with Crippen LogP contribution in [0.5, 0.6) is 0 Å². The molecule has 1 saturated heterocycles. The molecule has 1 aliphatic heterocycles. The van der Waals surface area contributed by atoms with Gasteiger partial charge in [-0.2, -0.15) is 0 Å². The highest BCUT2D eigenvalue weighted by Gasteiger charge is 2.27. The lowest BCUT2D eigenvalue weighted by Crippen LogP contribution is -2.43. The van der Waals surface area contributed by atoms with Gasteiger partial charge in [0.15, 0.2) is 5.82 Å². The lowest BCUT2D eigenvalue weighted by atomic mass is 10.2. The van der Waals surface area contributed by atoms with E-state index in [9.17, 15) is 4.79 Å². The van der Waals surface area contributed by atoms with Crippen molar-refractivity contribution >= 4 is 17.2 Å². The molecule has 3 heterocycles. The first-order chi connectivity index (χ1) is 10.6. The zero-order chi connectivity index (χ0) is 15.5. The van der Waals surface area contributed by atoms with Gasteiger partial charge in [0.1, 0.15) is 6.10 Å². The van der Waals surface area contributed by atoms with E-state index in [0.29, 0.717) is 31.9 Å². The van der Waals surface area contributed by atoms with E-state index in [-0.39, 0.29) is 12.0 Å². The van der Waals surface area contributed by atoms with Crippen molar-refractivity contribution in [2.75, 3.05) is 19.7 Å². The molecule has 1 aliphatic rings. The lowest BCUT2D eigenvalue weighted by Gasteiger charge is -2.32. The molecule has 1 amide bonds. The molecule has 0 aliphatic carbocycles. The predicted octanol–water partition coefficient (Wildman–Crippen LogP) is 1.69. The molecule has 0 saturated carbocycles. The molecule has 0 aromatic carbocycles. The van der Waals surface area contributed by atoms with E-state index >= 15 is 0 Å². The van der Waals surface area contributed by atoms with E-state index in [1.807, 2.05) is 30.2 Å². The Morgan fingerprint density at radius 1 is 1.45 bits per heavy atom. The first kappa shape index (κ1) is 15.1. The number of thiazole rings is 1. The van der Waals surface area contributed by atoms with Crippen LogP contribution in [0.3, 0.4) is 0 Å². The third kappa shape index (κ3) is 3.48. The summed E-state index contributed by atoms with van der Waals surface area (Å²) >= 11 is 1.57. The maximum Gasteiger partial charge on any atom is 0.228 e. The van der Waals surface area contributed by atoms with Crippen LogP contribution in [0.25, 0.3) is 0 Å². The topological polar surface area (TPSA) is 68.2 Å². The SMILES string of the molecule is Cc1ccnc(C2CN(C(=O)Cc3csc(C)n3)CCO2)n1. The fourth-order valence-electron chi connectivity index (χ4n) is 2.41. The second-order valence-electron chi connectivity index (χ2n) is 5.29. The molecule has 116 valence electrons. The summed E-state index contributed by atoms with van der Waals surface area (Å²) in [7, 11) is 0. The third-order valence-corrected chi connectivity index (χ3v) is 4.34. The number of nitrogens with zero attached hydrogens (tertiary/aromatic N) is 4. The molecule has 3 rings (SSSR count). The number of hydrogen-bond acceptors (Lipinski definition) is 6. The first-order valence-electron chi connectivity index (χ1n) is 7.22. The van der Waals surface area contributed by atoms with E-state index in [4.69, 9.17) is 4.74 Å². The van der Waals surface area contributed by atoms with Gasteiger partial charge in [0.25, 0.3) is 0 Å². The van der Waals surface area contributed by atoms with Crippen molar-refractivity contribution in [3.05, 3.63) is 39.9 Å². The Morgan fingerprint density at radius 2 is 2.32 bits per heavy atom. The van der Waals surface area contributed by atoms with Crippen LogP contribution in [0.15, 0.2) is 17.6 Å². The van der Waals surface area contributed by atoms with Crippen molar-refractivity contribution in [3.63, 3.8) is 0 Å². The molecule has 0 bridgehead atoms. The summed E-state index contributed by atoms with van der Waals surface area (Å²) in [5.74, 6) is 0.716. The standard InChI is InChI=1S/C15H18N4O2S/c1-10-3-4-16-15(17-10)13-8-19(5-6-21-13)14(20)7-12-9-22-11(2)18-12/h3-4,9,13H,5-8H2,1-2H3. The van der Waals surface area contributed by atoms with Crippen molar-refractivity contribution < 1.29 is 9.53 Å². The van der Waals surface area contributed by atoms with Gasteiger partial charge in [-0.05, 0) is 19.9 Å². The summed E-state index contributed by atoms with van der Waals surface area (Å²) in [6.07, 6.45) is 1.81. The van der Waals surface area contributed by atoms with Gasteiger partial charge in [0.05, 0.1) is 30.3 Å². The second kappa shape index (κ2) is 6.50. The average molecular weight is 318 g/mol. The molecular weight excluding hydrogens is 300 g/mol. The van der Waals surface area contributed by atoms with Crippen molar-refractivity contribution in [2.24, 2.45) is 0 Å². The number of carbonyl (C=O) groups excluding carboxylic acids is 1. The molecule has 1 fully saturated rings. The van der Waals surface area contributed by atoms with Crippen LogP contribution in [0.1, 0.15) is 28.3 Å². The third-order valence-electron chi connectivity index (χ3n) is 3.52. The Hall–Kier alpha value is -1.86. The predicted molar refractivity (Wildman–Crippen MR) is 82.6 cm³/mol. The van der Waals surface area contributed by atoms with Crippen molar-refractivity contribution in [2.45, 2.75) is 26.4 Å². The van der Waals surface area contributed by atoms with Crippen molar-refractivity contribution in [1.29, 1.82) is 0 Å². The zero-order valence-corrected chi connectivity index (χ0v) is 13.5. The number of amides is 1. The van der Waals surface area contributed by atoms with Gasteiger partial charge in [-0.1, -0.05) is 0 Å². The van der Waals surface area contributed by atoms with E-state index < -0.39 is 0 Å². The first-order valence-corrected chi connectivity index (χ1v) is 8.09. The molecule has 7 heteroatoms. The second-order valence-corrected chi connectivity index (χ2v) is 6.35. The Balaban J connectivity index is 1.66. The molecule has 0 radical (unpaired) electrons. The van der Waals surface area contributed by atoms with Gasteiger partial charge in [0.2, 0.25) is 5.91 Å². The van der Waals surface area contributed by atoms with E-state index in [1.54, 1.807) is 17.5 Å². The van der Waals surface area contributed by atoms with Gasteiger partial charge in [-0.3, -0.25) is 4.79 Å². The number of morpholine rings is 1. The van der Waals surface area contributed by atoms with Crippen molar-refractivity contribution in [3.8, 4) is 0 Å². The highest BCUT2D eigenvalue weighted by atomic mass is 32.1. The van der Waals surface area contributed by atoms with Crippen LogP contribution in [-0.4, -0.2) is 45.5 Å². The molecule has 0 spiro atoms. The maximum atomic E-state index is 12.4. The molecule has 6 nitrogen and oxygen atoms in total. The highest BCUT2D eigenvalue weighted by molar-refractivity contribution is 7.09. The smallest absolute Gasteiger partial charge is 0.228 e. The summed E-state index contributed by atoms with van der Waals surface area (Å²) in [6.45, 7) is 5.46. The van der Waals surface area contributed by atoms with Gasteiger partial charge in [-0.15, -0.1) is 11.3 Å². The molecule has 2 aromatic heterocycles.